The van der Waals surface area contributed by atoms with Crippen molar-refractivity contribution in [1.82, 2.24) is 15.0 Å². The van der Waals surface area contributed by atoms with Gasteiger partial charge in [-0.1, -0.05) is 60.7 Å². The van der Waals surface area contributed by atoms with Gasteiger partial charge in [-0.25, -0.2) is 4.98 Å². The fourth-order valence-corrected chi connectivity index (χ4v) is 3.88. The molecule has 0 aliphatic heterocycles. The Hall–Kier alpha value is -4.25. The number of fused-ring (bicyclic) bond motifs is 1. The zero-order valence-electron chi connectivity index (χ0n) is 18.7. The fourth-order valence-electron chi connectivity index (χ4n) is 3.88. The van der Waals surface area contributed by atoms with Crippen molar-refractivity contribution in [3.63, 3.8) is 0 Å². The number of hydrogen-bond donors (Lipinski definition) is 2. The second-order valence-electron chi connectivity index (χ2n) is 8.01. The van der Waals surface area contributed by atoms with E-state index in [1.807, 2.05) is 32.3 Å². The lowest BCUT2D eigenvalue weighted by Gasteiger charge is -2.11. The summed E-state index contributed by atoms with van der Waals surface area (Å²) in [5.74, 6) is 1.37. The van der Waals surface area contributed by atoms with Crippen molar-refractivity contribution in [1.29, 1.82) is 0 Å². The summed E-state index contributed by atoms with van der Waals surface area (Å²) in [5, 5.41) is 8.93. The molecule has 0 amide bonds. The molecule has 0 aliphatic carbocycles. The van der Waals surface area contributed by atoms with Crippen LogP contribution in [-0.4, -0.2) is 22.0 Å². The van der Waals surface area contributed by atoms with E-state index < -0.39 is 0 Å². The molecule has 2 aromatic heterocycles. The maximum Gasteiger partial charge on any atom is 0.224 e. The van der Waals surface area contributed by atoms with E-state index in [-0.39, 0.29) is 0 Å². The van der Waals surface area contributed by atoms with Gasteiger partial charge in [0, 0.05) is 37.1 Å². The van der Waals surface area contributed by atoms with Crippen LogP contribution in [-0.2, 0) is 6.54 Å². The maximum absolute atomic E-state index is 4.67. The van der Waals surface area contributed by atoms with Crippen molar-refractivity contribution >= 4 is 22.5 Å². The third-order valence-corrected chi connectivity index (χ3v) is 5.65. The third-order valence-electron chi connectivity index (χ3n) is 5.65. The number of aryl methyl sites for hydroxylation is 1. The first kappa shape index (κ1) is 20.6. The number of benzene rings is 3. The smallest absolute Gasteiger partial charge is 0.224 e. The molecule has 5 rings (SSSR count). The topological polar surface area (TPSA) is 62.7 Å². The van der Waals surface area contributed by atoms with E-state index in [0.717, 1.165) is 22.8 Å². The van der Waals surface area contributed by atoms with Crippen LogP contribution in [0.1, 0.15) is 11.3 Å². The monoisotopic (exact) mass is 431 g/mol. The van der Waals surface area contributed by atoms with E-state index in [2.05, 4.69) is 98.4 Å². The van der Waals surface area contributed by atoms with E-state index in [0.29, 0.717) is 12.5 Å². The van der Waals surface area contributed by atoms with Gasteiger partial charge in [0.15, 0.2) is 0 Å². The minimum atomic E-state index is 0.589. The van der Waals surface area contributed by atoms with Crippen molar-refractivity contribution in [3.8, 4) is 22.4 Å². The van der Waals surface area contributed by atoms with Crippen LogP contribution in [0.3, 0.4) is 0 Å². The summed E-state index contributed by atoms with van der Waals surface area (Å²) in [6.07, 6.45) is 1.85. The number of nitrogens with one attached hydrogen (secondary N) is 2. The SMILES string of the molecule is CNc1nc(NCc2ccc(-c3ccnc(C)c3)cc2)cc(-c2ccc3ccccc3c2)n1. The molecule has 0 saturated carbocycles. The van der Waals surface area contributed by atoms with Gasteiger partial charge in [-0.05, 0) is 52.6 Å². The van der Waals surface area contributed by atoms with Crippen molar-refractivity contribution < 1.29 is 0 Å². The van der Waals surface area contributed by atoms with Gasteiger partial charge in [0.2, 0.25) is 5.95 Å². The average molecular weight is 432 g/mol. The first-order chi connectivity index (χ1) is 16.2. The second kappa shape index (κ2) is 9.09. The fraction of sp³-hybridized carbons (Fsp3) is 0.107. The van der Waals surface area contributed by atoms with Crippen LogP contribution in [0.25, 0.3) is 33.2 Å². The predicted molar refractivity (Wildman–Crippen MR) is 136 cm³/mol. The molecule has 33 heavy (non-hydrogen) atoms. The Kier molecular flexibility index (Phi) is 5.68. The van der Waals surface area contributed by atoms with Crippen molar-refractivity contribution in [2.45, 2.75) is 13.5 Å². The molecule has 2 N–H and O–H groups in total. The van der Waals surface area contributed by atoms with Gasteiger partial charge in [-0.3, -0.25) is 4.98 Å². The highest BCUT2D eigenvalue weighted by Gasteiger charge is 2.08. The average Bonchev–Trinajstić information content (AvgIpc) is 2.87. The Labute approximate surface area is 193 Å². The lowest BCUT2D eigenvalue weighted by molar-refractivity contribution is 1.08. The summed E-state index contributed by atoms with van der Waals surface area (Å²) in [6, 6.07) is 29.5. The van der Waals surface area contributed by atoms with Crippen LogP contribution in [0.2, 0.25) is 0 Å². The minimum Gasteiger partial charge on any atom is -0.366 e. The molecule has 0 aliphatic rings. The van der Waals surface area contributed by atoms with Crippen LogP contribution in [0, 0.1) is 6.92 Å². The highest BCUT2D eigenvalue weighted by molar-refractivity contribution is 5.87. The van der Waals surface area contributed by atoms with Crippen LogP contribution in [0.4, 0.5) is 11.8 Å². The molecule has 2 heterocycles. The highest BCUT2D eigenvalue weighted by Crippen LogP contribution is 2.26. The third kappa shape index (κ3) is 4.67. The van der Waals surface area contributed by atoms with Crippen molar-refractivity contribution in [3.05, 3.63) is 102 Å². The number of nitrogens with zero attached hydrogens (tertiary/aromatic N) is 3. The molecule has 0 bridgehead atoms. The normalized spacial score (nSPS) is 10.8. The Morgan fingerprint density at radius 3 is 2.30 bits per heavy atom. The Bertz CT molecular complexity index is 1410. The summed E-state index contributed by atoms with van der Waals surface area (Å²) in [7, 11) is 1.84. The van der Waals surface area contributed by atoms with Gasteiger partial charge in [0.1, 0.15) is 5.82 Å². The molecule has 5 nitrogen and oxygen atoms in total. The molecule has 162 valence electrons. The molecule has 0 saturated heterocycles. The first-order valence-electron chi connectivity index (χ1n) is 11.0. The summed E-state index contributed by atoms with van der Waals surface area (Å²) in [5.41, 5.74) is 6.50. The van der Waals surface area contributed by atoms with Gasteiger partial charge >= 0.3 is 0 Å². The van der Waals surface area contributed by atoms with E-state index in [9.17, 15) is 0 Å². The molecule has 3 aromatic carbocycles. The lowest BCUT2D eigenvalue weighted by Crippen LogP contribution is -2.05. The Morgan fingerprint density at radius 1 is 0.727 bits per heavy atom. The number of rotatable bonds is 6. The van der Waals surface area contributed by atoms with Gasteiger partial charge in [0.05, 0.1) is 5.69 Å². The molecule has 0 spiro atoms. The summed E-state index contributed by atoms with van der Waals surface area (Å²) in [4.78, 5) is 13.5. The Morgan fingerprint density at radius 2 is 1.52 bits per heavy atom. The van der Waals surface area contributed by atoms with Crippen LogP contribution in [0.5, 0.6) is 0 Å². The Balaban J connectivity index is 1.36. The number of aromatic nitrogens is 3. The van der Waals surface area contributed by atoms with E-state index in [4.69, 9.17) is 0 Å². The molecule has 5 heteroatoms. The molecular formula is C28H25N5. The van der Waals surface area contributed by atoms with E-state index in [1.54, 1.807) is 0 Å². The quantitative estimate of drug-likeness (QED) is 0.329. The summed E-state index contributed by atoms with van der Waals surface area (Å²) in [6.45, 7) is 2.68. The standard InChI is InChI=1S/C28H25N5/c1-19-15-24(13-14-30-19)22-9-7-20(8-10-22)18-31-27-17-26(32-28(29-2)33-27)25-12-11-21-5-3-4-6-23(21)16-25/h3-17H,18H2,1-2H3,(H2,29,31,32,33). The lowest BCUT2D eigenvalue weighted by atomic mass is 10.0. The predicted octanol–water partition coefficient (Wildman–Crippen LogP) is 6.32. The molecule has 5 aromatic rings. The van der Waals surface area contributed by atoms with E-state index >= 15 is 0 Å². The van der Waals surface area contributed by atoms with Gasteiger partial charge in [-0.15, -0.1) is 0 Å². The molecule has 0 unspecified atom stereocenters. The van der Waals surface area contributed by atoms with Gasteiger partial charge in [0.25, 0.3) is 0 Å². The number of anilines is 2. The first-order valence-corrected chi connectivity index (χ1v) is 11.0. The summed E-state index contributed by atoms with van der Waals surface area (Å²) < 4.78 is 0. The molecule has 0 atom stereocenters. The number of hydrogen-bond acceptors (Lipinski definition) is 5. The highest BCUT2D eigenvalue weighted by atomic mass is 15.1. The van der Waals surface area contributed by atoms with Crippen LogP contribution in [0.15, 0.2) is 91.1 Å². The van der Waals surface area contributed by atoms with Crippen LogP contribution >= 0.6 is 0 Å². The zero-order valence-corrected chi connectivity index (χ0v) is 18.7. The largest absolute Gasteiger partial charge is 0.366 e. The van der Waals surface area contributed by atoms with Crippen LogP contribution < -0.4 is 10.6 Å². The van der Waals surface area contributed by atoms with Crippen molar-refractivity contribution in [2.24, 2.45) is 0 Å². The minimum absolute atomic E-state index is 0.589. The van der Waals surface area contributed by atoms with E-state index in [1.165, 1.54) is 27.5 Å². The maximum atomic E-state index is 4.67. The molecule has 0 radical (unpaired) electrons. The molecular weight excluding hydrogens is 406 g/mol. The van der Waals surface area contributed by atoms with Gasteiger partial charge < -0.3 is 10.6 Å². The van der Waals surface area contributed by atoms with Gasteiger partial charge in [-0.2, -0.15) is 4.98 Å². The zero-order chi connectivity index (χ0) is 22.6. The van der Waals surface area contributed by atoms with Crippen molar-refractivity contribution in [2.75, 3.05) is 17.7 Å². The molecule has 0 fully saturated rings. The number of pyridine rings is 1. The summed E-state index contributed by atoms with van der Waals surface area (Å²) >= 11 is 0. The second-order valence-corrected chi connectivity index (χ2v) is 8.01.